The molecule has 4 aromatic rings. The highest BCUT2D eigenvalue weighted by atomic mass is 35.5. The fraction of sp³-hybridized carbons (Fsp3) is 0.258. The predicted octanol–water partition coefficient (Wildman–Crippen LogP) is 6.32. The van der Waals surface area contributed by atoms with Crippen molar-refractivity contribution in [2.75, 3.05) is 38.5 Å². The number of carbonyl (C=O) groups excluding carboxylic acids is 1. The Morgan fingerprint density at radius 3 is 2.28 bits per heavy atom. The van der Waals surface area contributed by atoms with Gasteiger partial charge in [-0.2, -0.15) is 0 Å². The summed E-state index contributed by atoms with van der Waals surface area (Å²) in [6.07, 6.45) is 5.70. The normalized spacial score (nSPS) is 14.2. The molecule has 1 saturated heterocycles. The van der Waals surface area contributed by atoms with Crippen LogP contribution in [0, 0.1) is 0 Å². The Labute approximate surface area is 239 Å². The Morgan fingerprint density at radius 2 is 1.56 bits per heavy atom. The number of nitrogens with zero attached hydrogens (tertiary/aromatic N) is 5. The van der Waals surface area contributed by atoms with E-state index in [-0.39, 0.29) is 5.91 Å². The lowest BCUT2D eigenvalue weighted by Crippen LogP contribution is -2.48. The summed E-state index contributed by atoms with van der Waals surface area (Å²) in [5.41, 5.74) is 3.17. The number of piperazine rings is 1. The zero-order chi connectivity index (χ0) is 26.9. The first-order valence-corrected chi connectivity index (χ1v) is 14.6. The van der Waals surface area contributed by atoms with Crippen molar-refractivity contribution < 1.29 is 4.79 Å². The third kappa shape index (κ3) is 7.38. The van der Waals surface area contributed by atoms with Crippen molar-refractivity contribution >= 4 is 35.3 Å². The standard InChI is InChI=1S/C31H32ClN5OS/c32-27-17-15-26(16-18-27)30-33-34-31(37(30)28-12-5-2-6-13-28)39-24-8-14-29(38)36-22-20-35(21-23-36)19-7-11-25-9-3-1-4-10-25/h1-7,9-13,15-18H,8,14,19-24H2/b11-7+. The first-order chi connectivity index (χ1) is 19.2. The molecule has 0 aliphatic carbocycles. The van der Waals surface area contributed by atoms with E-state index in [0.29, 0.717) is 11.4 Å². The minimum Gasteiger partial charge on any atom is -0.340 e. The van der Waals surface area contributed by atoms with Gasteiger partial charge in [0.15, 0.2) is 11.0 Å². The summed E-state index contributed by atoms with van der Waals surface area (Å²) < 4.78 is 2.07. The molecule has 1 aliphatic rings. The SMILES string of the molecule is O=C(CCCSc1nnc(-c2ccc(Cl)cc2)n1-c1ccccc1)N1CCN(C/C=C/c2ccccc2)CC1. The van der Waals surface area contributed by atoms with E-state index in [1.165, 1.54) is 5.56 Å². The van der Waals surface area contributed by atoms with Crippen LogP contribution in [-0.4, -0.2) is 68.9 Å². The van der Waals surface area contributed by atoms with Crippen LogP contribution in [0.3, 0.4) is 0 Å². The fourth-order valence-electron chi connectivity index (χ4n) is 4.59. The van der Waals surface area contributed by atoms with Crippen LogP contribution in [-0.2, 0) is 4.79 Å². The summed E-state index contributed by atoms with van der Waals surface area (Å²) in [5, 5.41) is 10.5. The number of hydrogen-bond acceptors (Lipinski definition) is 5. The summed E-state index contributed by atoms with van der Waals surface area (Å²) in [5.74, 6) is 1.80. The van der Waals surface area contributed by atoms with Crippen LogP contribution >= 0.6 is 23.4 Å². The number of carbonyl (C=O) groups is 1. The molecule has 6 nitrogen and oxygen atoms in total. The third-order valence-electron chi connectivity index (χ3n) is 6.71. The van der Waals surface area contributed by atoms with Gasteiger partial charge in [-0.25, -0.2) is 0 Å². The van der Waals surface area contributed by atoms with E-state index in [1.54, 1.807) is 11.8 Å². The molecule has 1 amide bonds. The molecule has 0 atom stereocenters. The molecule has 2 heterocycles. The van der Waals surface area contributed by atoms with Crippen molar-refractivity contribution in [2.45, 2.75) is 18.0 Å². The summed E-state index contributed by atoms with van der Waals surface area (Å²) in [7, 11) is 0. The van der Waals surface area contributed by atoms with Crippen LogP contribution in [0.1, 0.15) is 18.4 Å². The van der Waals surface area contributed by atoms with E-state index in [2.05, 4.69) is 56.1 Å². The van der Waals surface area contributed by atoms with Gasteiger partial charge in [0, 0.05) is 61.2 Å². The molecule has 200 valence electrons. The van der Waals surface area contributed by atoms with Crippen molar-refractivity contribution in [2.24, 2.45) is 0 Å². The van der Waals surface area contributed by atoms with E-state index in [9.17, 15) is 4.79 Å². The van der Waals surface area contributed by atoms with Gasteiger partial charge in [0.05, 0.1) is 0 Å². The van der Waals surface area contributed by atoms with Crippen LogP contribution in [0.25, 0.3) is 23.2 Å². The second kappa shape index (κ2) is 13.6. The van der Waals surface area contributed by atoms with Gasteiger partial charge in [-0.1, -0.05) is 84.0 Å². The topological polar surface area (TPSA) is 54.3 Å². The Balaban J connectivity index is 1.11. The largest absolute Gasteiger partial charge is 0.340 e. The van der Waals surface area contributed by atoms with Gasteiger partial charge >= 0.3 is 0 Å². The average molecular weight is 558 g/mol. The summed E-state index contributed by atoms with van der Waals surface area (Å²) in [6.45, 7) is 4.31. The lowest BCUT2D eigenvalue weighted by molar-refractivity contribution is -0.132. The van der Waals surface area contributed by atoms with Crippen LogP contribution in [0.5, 0.6) is 0 Å². The Bertz CT molecular complexity index is 1370. The minimum absolute atomic E-state index is 0.237. The first-order valence-electron chi connectivity index (χ1n) is 13.3. The molecule has 0 N–H and O–H groups in total. The van der Waals surface area contributed by atoms with Gasteiger partial charge in [0.2, 0.25) is 5.91 Å². The van der Waals surface area contributed by atoms with E-state index < -0.39 is 0 Å². The van der Waals surface area contributed by atoms with Crippen LogP contribution in [0.4, 0.5) is 0 Å². The van der Waals surface area contributed by atoms with E-state index >= 15 is 0 Å². The Hall–Kier alpha value is -3.39. The molecule has 0 radical (unpaired) electrons. The molecule has 5 rings (SSSR count). The summed E-state index contributed by atoms with van der Waals surface area (Å²) in [4.78, 5) is 17.3. The van der Waals surface area contributed by atoms with Gasteiger partial charge < -0.3 is 4.90 Å². The van der Waals surface area contributed by atoms with Crippen molar-refractivity contribution in [3.8, 4) is 17.1 Å². The maximum absolute atomic E-state index is 12.9. The average Bonchev–Trinajstić information content (AvgIpc) is 3.41. The lowest BCUT2D eigenvalue weighted by atomic mass is 10.2. The molecule has 1 fully saturated rings. The number of benzene rings is 3. The van der Waals surface area contributed by atoms with Gasteiger partial charge in [0.1, 0.15) is 0 Å². The molecule has 0 spiro atoms. The van der Waals surface area contributed by atoms with Gasteiger partial charge in [0.25, 0.3) is 0 Å². The Morgan fingerprint density at radius 1 is 0.872 bits per heavy atom. The molecule has 1 aromatic heterocycles. The summed E-state index contributed by atoms with van der Waals surface area (Å²) >= 11 is 7.73. The van der Waals surface area contributed by atoms with Gasteiger partial charge in [-0.05, 0) is 48.4 Å². The highest BCUT2D eigenvalue weighted by Gasteiger charge is 2.21. The lowest BCUT2D eigenvalue weighted by Gasteiger charge is -2.34. The molecule has 0 unspecified atom stereocenters. The molecule has 3 aromatic carbocycles. The van der Waals surface area contributed by atoms with Crippen LogP contribution in [0.2, 0.25) is 5.02 Å². The van der Waals surface area contributed by atoms with E-state index in [0.717, 1.165) is 67.1 Å². The second-order valence-electron chi connectivity index (χ2n) is 9.43. The number of thioether (sulfide) groups is 1. The summed E-state index contributed by atoms with van der Waals surface area (Å²) in [6, 6.07) is 28.1. The fourth-order valence-corrected chi connectivity index (χ4v) is 5.60. The molecule has 1 aliphatic heterocycles. The van der Waals surface area contributed by atoms with Crippen LogP contribution in [0.15, 0.2) is 96.2 Å². The molecule has 0 saturated carbocycles. The predicted molar refractivity (Wildman–Crippen MR) is 160 cm³/mol. The minimum atomic E-state index is 0.237. The Kier molecular flexibility index (Phi) is 9.48. The van der Waals surface area contributed by atoms with Crippen molar-refractivity contribution in [3.05, 3.63) is 102 Å². The molecule has 39 heavy (non-hydrogen) atoms. The first kappa shape index (κ1) is 27.2. The number of amides is 1. The zero-order valence-corrected chi connectivity index (χ0v) is 23.4. The molecule has 8 heteroatoms. The number of aromatic nitrogens is 3. The number of hydrogen-bond donors (Lipinski definition) is 0. The number of rotatable bonds is 10. The van der Waals surface area contributed by atoms with Crippen LogP contribution < -0.4 is 0 Å². The number of halogens is 1. The highest BCUT2D eigenvalue weighted by Crippen LogP contribution is 2.29. The number of para-hydroxylation sites is 1. The quantitative estimate of drug-likeness (QED) is 0.169. The third-order valence-corrected chi connectivity index (χ3v) is 7.98. The van der Waals surface area contributed by atoms with Gasteiger partial charge in [-0.3, -0.25) is 14.3 Å². The second-order valence-corrected chi connectivity index (χ2v) is 10.9. The highest BCUT2D eigenvalue weighted by molar-refractivity contribution is 7.99. The monoisotopic (exact) mass is 557 g/mol. The van der Waals surface area contributed by atoms with E-state index in [1.807, 2.05) is 65.6 Å². The van der Waals surface area contributed by atoms with Crippen molar-refractivity contribution in [1.29, 1.82) is 0 Å². The zero-order valence-electron chi connectivity index (χ0n) is 21.8. The van der Waals surface area contributed by atoms with Crippen molar-refractivity contribution in [3.63, 3.8) is 0 Å². The molecular weight excluding hydrogens is 526 g/mol. The smallest absolute Gasteiger partial charge is 0.222 e. The molecule has 0 bridgehead atoms. The molecular formula is C31H32ClN5OS. The van der Waals surface area contributed by atoms with Crippen molar-refractivity contribution in [1.82, 2.24) is 24.6 Å². The maximum Gasteiger partial charge on any atom is 0.222 e. The van der Waals surface area contributed by atoms with Gasteiger partial charge in [-0.15, -0.1) is 10.2 Å². The maximum atomic E-state index is 12.9. The van der Waals surface area contributed by atoms with E-state index in [4.69, 9.17) is 11.6 Å².